The van der Waals surface area contributed by atoms with Crippen LogP contribution >= 0.6 is 11.8 Å². The van der Waals surface area contributed by atoms with Gasteiger partial charge < -0.3 is 10.3 Å². The van der Waals surface area contributed by atoms with Crippen molar-refractivity contribution in [1.82, 2.24) is 9.97 Å². The van der Waals surface area contributed by atoms with Gasteiger partial charge in [0.15, 0.2) is 5.16 Å². The number of halogens is 1. The van der Waals surface area contributed by atoms with E-state index in [1.165, 1.54) is 5.56 Å². The van der Waals surface area contributed by atoms with Crippen LogP contribution < -0.4 is 5.32 Å². The zero-order valence-electron chi connectivity index (χ0n) is 10.9. The average Bonchev–Trinajstić information content (AvgIpc) is 2.96. The van der Waals surface area contributed by atoms with Gasteiger partial charge in [0, 0.05) is 36.3 Å². The molecule has 1 atom stereocenters. The number of benzene rings is 1. The highest BCUT2D eigenvalue weighted by Gasteiger charge is 2.05. The van der Waals surface area contributed by atoms with Gasteiger partial charge in [-0.1, -0.05) is 36.9 Å². The molecule has 0 fully saturated rings. The molecule has 1 unspecified atom stereocenters. The predicted octanol–water partition coefficient (Wildman–Crippen LogP) is 3.72. The number of thioether (sulfide) groups is 1. The van der Waals surface area contributed by atoms with Crippen molar-refractivity contribution in [3.63, 3.8) is 0 Å². The highest BCUT2D eigenvalue weighted by Crippen LogP contribution is 2.24. The van der Waals surface area contributed by atoms with E-state index in [-0.39, 0.29) is 12.6 Å². The van der Waals surface area contributed by atoms with Crippen LogP contribution in [-0.2, 0) is 5.75 Å². The van der Waals surface area contributed by atoms with Gasteiger partial charge in [0.2, 0.25) is 0 Å². The molecule has 1 aromatic carbocycles. The molecule has 0 bridgehead atoms. The molecule has 0 radical (unpaired) electrons. The summed E-state index contributed by atoms with van der Waals surface area (Å²) >= 11 is 1.65. The van der Waals surface area contributed by atoms with Crippen LogP contribution in [0.25, 0.3) is 0 Å². The molecule has 19 heavy (non-hydrogen) atoms. The van der Waals surface area contributed by atoms with Crippen LogP contribution in [0.15, 0.2) is 41.8 Å². The Morgan fingerprint density at radius 3 is 3.00 bits per heavy atom. The SMILES string of the molecule is CC(CF)CNc1ccccc1CSc1ncc[nH]1. The van der Waals surface area contributed by atoms with Crippen LogP contribution in [0, 0.1) is 5.92 Å². The number of alkyl halides is 1. The number of nitrogens with zero attached hydrogens (tertiary/aromatic N) is 1. The number of rotatable bonds is 7. The van der Waals surface area contributed by atoms with E-state index < -0.39 is 0 Å². The fourth-order valence-corrected chi connectivity index (χ4v) is 2.46. The average molecular weight is 279 g/mol. The minimum absolute atomic E-state index is 0.0331. The van der Waals surface area contributed by atoms with Gasteiger partial charge in [-0.25, -0.2) is 4.98 Å². The third-order valence-corrected chi connectivity index (χ3v) is 3.71. The predicted molar refractivity (Wildman–Crippen MR) is 78.2 cm³/mol. The maximum absolute atomic E-state index is 12.5. The monoisotopic (exact) mass is 279 g/mol. The Kier molecular flexibility index (Phi) is 5.27. The van der Waals surface area contributed by atoms with Crippen LogP contribution in [0.4, 0.5) is 10.1 Å². The van der Waals surface area contributed by atoms with E-state index in [0.29, 0.717) is 6.54 Å². The Labute approximate surface area is 117 Å². The second kappa shape index (κ2) is 7.19. The van der Waals surface area contributed by atoms with Crippen LogP contribution in [0.1, 0.15) is 12.5 Å². The molecule has 0 aliphatic rings. The van der Waals surface area contributed by atoms with Crippen molar-refractivity contribution in [2.24, 2.45) is 5.92 Å². The summed E-state index contributed by atoms with van der Waals surface area (Å²) in [6.07, 6.45) is 3.56. The maximum atomic E-state index is 12.5. The van der Waals surface area contributed by atoms with Crippen molar-refractivity contribution < 1.29 is 4.39 Å². The quantitative estimate of drug-likeness (QED) is 0.759. The summed E-state index contributed by atoms with van der Waals surface area (Å²) in [6, 6.07) is 8.12. The first-order valence-corrected chi connectivity index (χ1v) is 7.28. The lowest BCUT2D eigenvalue weighted by atomic mass is 10.1. The number of hydrogen-bond donors (Lipinski definition) is 2. The molecular formula is C14H18FN3S. The summed E-state index contributed by atoms with van der Waals surface area (Å²) in [5.74, 6) is 0.867. The molecule has 0 spiro atoms. The van der Waals surface area contributed by atoms with Crippen LogP contribution in [0.3, 0.4) is 0 Å². The minimum Gasteiger partial charge on any atom is -0.384 e. The van der Waals surface area contributed by atoms with Gasteiger partial charge in [-0.15, -0.1) is 0 Å². The van der Waals surface area contributed by atoms with E-state index in [9.17, 15) is 4.39 Å². The largest absolute Gasteiger partial charge is 0.384 e. The molecule has 0 aliphatic carbocycles. The molecule has 0 saturated heterocycles. The van der Waals surface area contributed by atoms with Crippen LogP contribution in [0.2, 0.25) is 0 Å². The van der Waals surface area contributed by atoms with Gasteiger partial charge in [-0.2, -0.15) is 0 Å². The van der Waals surface area contributed by atoms with E-state index in [1.807, 2.05) is 31.3 Å². The van der Waals surface area contributed by atoms with Crippen LogP contribution in [0.5, 0.6) is 0 Å². The van der Waals surface area contributed by atoms with E-state index in [0.717, 1.165) is 16.6 Å². The zero-order valence-corrected chi connectivity index (χ0v) is 11.7. The number of anilines is 1. The van der Waals surface area contributed by atoms with Crippen molar-refractivity contribution in [2.45, 2.75) is 17.8 Å². The number of H-pyrrole nitrogens is 1. The summed E-state index contributed by atoms with van der Waals surface area (Å²) in [7, 11) is 0. The summed E-state index contributed by atoms with van der Waals surface area (Å²) in [4.78, 5) is 7.25. The number of para-hydroxylation sites is 1. The maximum Gasteiger partial charge on any atom is 0.165 e. The summed E-state index contributed by atoms with van der Waals surface area (Å²) in [5.41, 5.74) is 2.27. The van der Waals surface area contributed by atoms with Crippen molar-refractivity contribution in [2.75, 3.05) is 18.5 Å². The van der Waals surface area contributed by atoms with E-state index in [1.54, 1.807) is 18.0 Å². The summed E-state index contributed by atoms with van der Waals surface area (Å²) in [5, 5.41) is 4.22. The van der Waals surface area contributed by atoms with Gasteiger partial charge in [0.05, 0.1) is 6.67 Å². The number of nitrogens with one attached hydrogen (secondary N) is 2. The molecule has 5 heteroatoms. The van der Waals surface area contributed by atoms with Crippen molar-refractivity contribution in [3.8, 4) is 0 Å². The highest BCUT2D eigenvalue weighted by atomic mass is 32.2. The van der Waals surface area contributed by atoms with Crippen molar-refractivity contribution in [1.29, 1.82) is 0 Å². The molecule has 0 aliphatic heterocycles. The smallest absolute Gasteiger partial charge is 0.165 e. The Balaban J connectivity index is 1.95. The molecule has 2 N–H and O–H groups in total. The molecule has 102 valence electrons. The fraction of sp³-hybridized carbons (Fsp3) is 0.357. The Bertz CT molecular complexity index is 487. The second-order valence-electron chi connectivity index (χ2n) is 4.48. The van der Waals surface area contributed by atoms with Gasteiger partial charge in [-0.05, 0) is 11.6 Å². The van der Waals surface area contributed by atoms with E-state index >= 15 is 0 Å². The fourth-order valence-electron chi connectivity index (χ4n) is 1.63. The summed E-state index contributed by atoms with van der Waals surface area (Å²) < 4.78 is 12.5. The topological polar surface area (TPSA) is 40.7 Å². The zero-order chi connectivity index (χ0) is 13.5. The number of hydrogen-bond acceptors (Lipinski definition) is 3. The molecule has 3 nitrogen and oxygen atoms in total. The van der Waals surface area contributed by atoms with E-state index in [2.05, 4.69) is 21.4 Å². The highest BCUT2D eigenvalue weighted by molar-refractivity contribution is 7.98. The lowest BCUT2D eigenvalue weighted by Crippen LogP contribution is -2.13. The second-order valence-corrected chi connectivity index (χ2v) is 5.44. The first-order valence-electron chi connectivity index (χ1n) is 6.29. The molecular weight excluding hydrogens is 261 g/mol. The standard InChI is InChI=1S/C14H18FN3S/c1-11(8-15)9-18-13-5-3-2-4-12(13)10-19-14-16-6-7-17-14/h2-7,11,18H,8-10H2,1H3,(H,16,17). The van der Waals surface area contributed by atoms with Gasteiger partial charge in [0.25, 0.3) is 0 Å². The summed E-state index contributed by atoms with van der Waals surface area (Å²) in [6.45, 7) is 2.25. The van der Waals surface area contributed by atoms with Crippen molar-refractivity contribution >= 4 is 17.4 Å². The Morgan fingerprint density at radius 2 is 2.26 bits per heavy atom. The van der Waals surface area contributed by atoms with Crippen LogP contribution in [-0.4, -0.2) is 23.2 Å². The molecule has 0 saturated carbocycles. The van der Waals surface area contributed by atoms with Gasteiger partial charge in [-0.3, -0.25) is 4.39 Å². The van der Waals surface area contributed by atoms with Crippen molar-refractivity contribution in [3.05, 3.63) is 42.2 Å². The normalized spacial score (nSPS) is 12.3. The third-order valence-electron chi connectivity index (χ3n) is 2.76. The van der Waals surface area contributed by atoms with Gasteiger partial charge in [0.1, 0.15) is 0 Å². The molecule has 2 rings (SSSR count). The number of aromatic amines is 1. The van der Waals surface area contributed by atoms with Gasteiger partial charge >= 0.3 is 0 Å². The first kappa shape index (κ1) is 13.9. The minimum atomic E-state index is -0.295. The molecule has 1 aromatic heterocycles. The number of imidazole rings is 1. The van der Waals surface area contributed by atoms with E-state index in [4.69, 9.17) is 0 Å². The first-order chi connectivity index (χ1) is 9.29. The Hall–Kier alpha value is -1.49. The third kappa shape index (κ3) is 4.28. The molecule has 0 amide bonds. The molecule has 1 heterocycles. The Morgan fingerprint density at radius 1 is 1.42 bits per heavy atom. The lowest BCUT2D eigenvalue weighted by molar-refractivity contribution is 0.395. The lowest BCUT2D eigenvalue weighted by Gasteiger charge is -2.13. The number of aromatic nitrogens is 2. The molecule has 2 aromatic rings.